The summed E-state index contributed by atoms with van der Waals surface area (Å²) in [6.07, 6.45) is 0. The molecule has 0 aliphatic heterocycles. The largest absolute Gasteiger partial charge is 0.314 e. The van der Waals surface area contributed by atoms with Gasteiger partial charge >= 0.3 is 5.91 Å². The zero-order valence-corrected chi connectivity index (χ0v) is 15.1. The van der Waals surface area contributed by atoms with Gasteiger partial charge in [0.2, 0.25) is 5.82 Å². The molecule has 0 atom stereocenters. The molecule has 0 spiro atoms. The second-order valence-corrected chi connectivity index (χ2v) is 6.64. The Morgan fingerprint density at radius 1 is 1.00 bits per heavy atom. The highest BCUT2D eigenvalue weighted by molar-refractivity contribution is 7.13. The van der Waals surface area contributed by atoms with E-state index >= 15 is 0 Å². The number of hydrogen-bond donors (Lipinski definition) is 1. The Morgan fingerprint density at radius 2 is 1.74 bits per heavy atom. The summed E-state index contributed by atoms with van der Waals surface area (Å²) in [5, 5.41) is 6.34. The first-order chi connectivity index (χ1) is 13.3. The summed E-state index contributed by atoms with van der Waals surface area (Å²) in [5.74, 6) is 0.179. The molecule has 0 aliphatic rings. The second kappa shape index (κ2) is 7.94. The molecule has 0 saturated carbocycles. The van der Waals surface area contributed by atoms with Crippen molar-refractivity contribution < 1.29 is 9.63 Å². The number of nitrogens with one attached hydrogen (secondary N) is 1. The topological polar surface area (TPSA) is 69.0 Å². The first-order valence-electron chi connectivity index (χ1n) is 8.34. The first-order valence-corrected chi connectivity index (χ1v) is 9.21. The van der Waals surface area contributed by atoms with Crippen molar-refractivity contribution in [2.24, 2.45) is 0 Å². The molecule has 4 aromatic rings. The molecule has 0 radical (unpaired) electrons. The van der Waals surface area contributed by atoms with Crippen LogP contribution in [0.1, 0.15) is 16.2 Å². The third kappa shape index (κ3) is 3.94. The van der Waals surface area contributed by atoms with Crippen LogP contribution in [-0.4, -0.2) is 20.7 Å². The van der Waals surface area contributed by atoms with Crippen molar-refractivity contribution in [2.75, 3.05) is 0 Å². The van der Waals surface area contributed by atoms with Crippen LogP contribution in [0.4, 0.5) is 0 Å². The van der Waals surface area contributed by atoms with Gasteiger partial charge in [-0.1, -0.05) is 54.6 Å². The number of aromatic nitrogens is 3. The molecule has 2 heterocycles. The van der Waals surface area contributed by atoms with Crippen LogP contribution >= 0.6 is 11.3 Å². The summed E-state index contributed by atoms with van der Waals surface area (Å²) in [5.41, 5.74) is 4.20. The SMILES string of the molecule is O=C(NOCc1ccccc1)c1nc(-c2cccs2)n(-c2ccccc2)n1. The van der Waals surface area contributed by atoms with Gasteiger partial charge in [-0.25, -0.2) is 15.1 Å². The van der Waals surface area contributed by atoms with Gasteiger partial charge in [-0.3, -0.25) is 9.63 Å². The number of benzene rings is 2. The minimum atomic E-state index is -0.488. The van der Waals surface area contributed by atoms with Crippen molar-refractivity contribution >= 4 is 17.2 Å². The predicted octanol–water partition coefficient (Wildman–Crippen LogP) is 3.86. The Morgan fingerprint density at radius 3 is 2.44 bits per heavy atom. The van der Waals surface area contributed by atoms with Crippen LogP contribution in [0.25, 0.3) is 16.4 Å². The number of para-hydroxylation sites is 1. The monoisotopic (exact) mass is 376 g/mol. The minimum absolute atomic E-state index is 0.0512. The van der Waals surface area contributed by atoms with Crippen LogP contribution in [0.3, 0.4) is 0 Å². The number of thiophene rings is 1. The molecule has 0 saturated heterocycles. The van der Waals surface area contributed by atoms with Crippen LogP contribution in [0, 0.1) is 0 Å². The maximum atomic E-state index is 12.4. The van der Waals surface area contributed by atoms with E-state index in [2.05, 4.69) is 15.6 Å². The Hall–Kier alpha value is -3.29. The second-order valence-electron chi connectivity index (χ2n) is 5.69. The van der Waals surface area contributed by atoms with Gasteiger partial charge < -0.3 is 0 Å². The van der Waals surface area contributed by atoms with Gasteiger partial charge in [-0.2, -0.15) is 0 Å². The van der Waals surface area contributed by atoms with Crippen molar-refractivity contribution in [1.29, 1.82) is 0 Å². The smallest absolute Gasteiger partial charge is 0.269 e. The molecule has 2 aromatic carbocycles. The highest BCUT2D eigenvalue weighted by Crippen LogP contribution is 2.25. The van der Waals surface area contributed by atoms with Crippen molar-refractivity contribution in [2.45, 2.75) is 6.61 Å². The van der Waals surface area contributed by atoms with Crippen molar-refractivity contribution in [3.8, 4) is 16.4 Å². The molecule has 0 aliphatic carbocycles. The molecule has 2 aromatic heterocycles. The third-order valence-electron chi connectivity index (χ3n) is 3.80. The van der Waals surface area contributed by atoms with E-state index in [1.807, 2.05) is 78.2 Å². The molecule has 7 heteroatoms. The number of carbonyl (C=O) groups is 1. The molecule has 0 unspecified atom stereocenters. The van der Waals surface area contributed by atoms with Gasteiger partial charge in [0.1, 0.15) is 0 Å². The molecular formula is C20H16N4O2S. The van der Waals surface area contributed by atoms with Crippen molar-refractivity contribution in [3.05, 3.63) is 89.6 Å². The van der Waals surface area contributed by atoms with Gasteiger partial charge in [0.25, 0.3) is 0 Å². The minimum Gasteiger partial charge on any atom is -0.269 e. The first kappa shape index (κ1) is 17.1. The molecule has 0 fully saturated rings. The number of carbonyl (C=O) groups excluding carboxylic acids is 1. The van der Waals surface area contributed by atoms with Crippen molar-refractivity contribution in [3.63, 3.8) is 0 Å². The fraction of sp³-hybridized carbons (Fsp3) is 0.0500. The summed E-state index contributed by atoms with van der Waals surface area (Å²) in [6, 6.07) is 23.1. The van der Waals surface area contributed by atoms with E-state index in [4.69, 9.17) is 4.84 Å². The fourth-order valence-corrected chi connectivity index (χ4v) is 3.23. The quantitative estimate of drug-likeness (QED) is 0.519. The Labute approximate surface area is 160 Å². The third-order valence-corrected chi connectivity index (χ3v) is 4.66. The number of amides is 1. The van der Waals surface area contributed by atoms with E-state index in [0.717, 1.165) is 16.1 Å². The van der Waals surface area contributed by atoms with E-state index in [1.54, 1.807) is 4.68 Å². The lowest BCUT2D eigenvalue weighted by atomic mass is 10.2. The molecular weight excluding hydrogens is 360 g/mol. The lowest BCUT2D eigenvalue weighted by molar-refractivity contribution is 0.0225. The maximum Gasteiger partial charge on any atom is 0.314 e. The highest BCUT2D eigenvalue weighted by atomic mass is 32.1. The van der Waals surface area contributed by atoms with Crippen LogP contribution in [0.15, 0.2) is 78.2 Å². The molecule has 27 heavy (non-hydrogen) atoms. The highest BCUT2D eigenvalue weighted by Gasteiger charge is 2.19. The summed E-state index contributed by atoms with van der Waals surface area (Å²) in [6.45, 7) is 0.268. The van der Waals surface area contributed by atoms with Gasteiger partial charge in [0.15, 0.2) is 5.82 Å². The van der Waals surface area contributed by atoms with Gasteiger partial charge in [-0.15, -0.1) is 16.4 Å². The zero-order chi connectivity index (χ0) is 18.5. The van der Waals surface area contributed by atoms with E-state index < -0.39 is 5.91 Å². The molecule has 1 N–H and O–H groups in total. The molecule has 1 amide bonds. The number of hydrogen-bond acceptors (Lipinski definition) is 5. The van der Waals surface area contributed by atoms with E-state index in [1.165, 1.54) is 11.3 Å². The number of nitrogens with zero attached hydrogens (tertiary/aromatic N) is 3. The summed E-state index contributed by atoms with van der Waals surface area (Å²) in [4.78, 5) is 23.1. The molecule has 134 valence electrons. The Kier molecular flexibility index (Phi) is 5.04. The van der Waals surface area contributed by atoms with Crippen molar-refractivity contribution in [1.82, 2.24) is 20.2 Å². The van der Waals surface area contributed by atoms with Crippen LogP contribution < -0.4 is 5.48 Å². The molecule has 4 rings (SSSR count). The predicted molar refractivity (Wildman–Crippen MR) is 103 cm³/mol. The zero-order valence-electron chi connectivity index (χ0n) is 14.3. The summed E-state index contributed by atoms with van der Waals surface area (Å²) in [7, 11) is 0. The molecule has 6 nitrogen and oxygen atoms in total. The fourth-order valence-electron chi connectivity index (χ4n) is 2.53. The summed E-state index contributed by atoms with van der Waals surface area (Å²) >= 11 is 1.54. The number of rotatable bonds is 6. The average Bonchev–Trinajstić information content (AvgIpc) is 3.39. The Balaban J connectivity index is 1.55. The van der Waals surface area contributed by atoms with Crippen LogP contribution in [0.2, 0.25) is 0 Å². The van der Waals surface area contributed by atoms with E-state index in [9.17, 15) is 4.79 Å². The average molecular weight is 376 g/mol. The van der Waals surface area contributed by atoms with Gasteiger partial charge in [0, 0.05) is 0 Å². The van der Waals surface area contributed by atoms with Gasteiger partial charge in [-0.05, 0) is 29.1 Å². The lowest BCUT2D eigenvalue weighted by Crippen LogP contribution is -2.24. The van der Waals surface area contributed by atoms with E-state index in [-0.39, 0.29) is 12.4 Å². The normalized spacial score (nSPS) is 10.7. The van der Waals surface area contributed by atoms with Crippen LogP contribution in [0.5, 0.6) is 0 Å². The Bertz CT molecular complexity index is 1010. The summed E-state index contributed by atoms with van der Waals surface area (Å²) < 4.78 is 1.66. The number of hydroxylamine groups is 1. The standard InChI is InChI=1S/C20H16N4O2S/c25-20(23-26-14-15-8-3-1-4-9-15)18-21-19(17-12-7-13-27-17)24(22-18)16-10-5-2-6-11-16/h1-13H,14H2,(H,23,25). The van der Waals surface area contributed by atoms with E-state index in [0.29, 0.717) is 5.82 Å². The molecule has 0 bridgehead atoms. The van der Waals surface area contributed by atoms with Gasteiger partial charge in [0.05, 0.1) is 17.2 Å². The van der Waals surface area contributed by atoms with Crippen LogP contribution in [-0.2, 0) is 11.4 Å². The lowest BCUT2D eigenvalue weighted by Gasteiger charge is -2.04. The maximum absolute atomic E-state index is 12.4.